The molecule has 3 rings (SSSR count). The highest BCUT2D eigenvalue weighted by Crippen LogP contribution is 2.39. The van der Waals surface area contributed by atoms with E-state index in [9.17, 15) is 8.42 Å². The second-order valence-corrected chi connectivity index (χ2v) is 7.59. The monoisotopic (exact) mass is 321 g/mol. The van der Waals surface area contributed by atoms with E-state index in [2.05, 4.69) is 6.07 Å². The van der Waals surface area contributed by atoms with Gasteiger partial charge in [-0.25, -0.2) is 8.42 Å². The zero-order chi connectivity index (χ0) is 15.0. The summed E-state index contributed by atoms with van der Waals surface area (Å²) in [6.45, 7) is 0.478. The first-order valence-electron chi connectivity index (χ1n) is 6.77. The molecule has 21 heavy (non-hydrogen) atoms. The van der Waals surface area contributed by atoms with Crippen molar-refractivity contribution in [3.63, 3.8) is 0 Å². The molecular weight excluding hydrogens is 306 g/mol. The van der Waals surface area contributed by atoms with Crippen LogP contribution in [-0.4, -0.2) is 25.5 Å². The van der Waals surface area contributed by atoms with E-state index in [1.165, 1.54) is 16.1 Å². The molecular formula is C16H16ClNO2S. The van der Waals surface area contributed by atoms with Crippen LogP contribution in [0.25, 0.3) is 0 Å². The summed E-state index contributed by atoms with van der Waals surface area (Å²) in [5, 5.41) is 0.591. The summed E-state index contributed by atoms with van der Waals surface area (Å²) in [6.07, 6.45) is 1.98. The lowest BCUT2D eigenvalue weighted by Gasteiger charge is -2.36. The molecule has 0 saturated carbocycles. The number of fused-ring (bicyclic) bond motifs is 1. The number of hydrogen-bond donors (Lipinski definition) is 0. The van der Waals surface area contributed by atoms with E-state index in [0.29, 0.717) is 11.6 Å². The number of sulfonamides is 1. The number of benzene rings is 2. The van der Waals surface area contributed by atoms with E-state index in [1.807, 2.05) is 36.4 Å². The van der Waals surface area contributed by atoms with Crippen LogP contribution in [0.2, 0.25) is 5.02 Å². The summed E-state index contributed by atoms with van der Waals surface area (Å²) in [5.41, 5.74) is 3.03. The van der Waals surface area contributed by atoms with Gasteiger partial charge in [0.25, 0.3) is 0 Å². The smallest absolute Gasteiger partial charge is 0.212 e. The van der Waals surface area contributed by atoms with Gasteiger partial charge in [-0.15, -0.1) is 0 Å². The Morgan fingerprint density at radius 2 is 1.67 bits per heavy atom. The third-order valence-corrected chi connectivity index (χ3v) is 5.45. The Morgan fingerprint density at radius 1 is 1.05 bits per heavy atom. The minimum absolute atomic E-state index is 0.348. The molecule has 1 unspecified atom stereocenters. The van der Waals surface area contributed by atoms with Gasteiger partial charge in [0.15, 0.2) is 0 Å². The Kier molecular flexibility index (Phi) is 3.78. The third-order valence-electron chi connectivity index (χ3n) is 3.86. The normalized spacial score (nSPS) is 19.2. The van der Waals surface area contributed by atoms with Gasteiger partial charge in [0.05, 0.1) is 12.3 Å². The lowest BCUT2D eigenvalue weighted by Crippen LogP contribution is -2.40. The van der Waals surface area contributed by atoms with Crippen molar-refractivity contribution in [1.82, 2.24) is 4.31 Å². The van der Waals surface area contributed by atoms with Crippen molar-refractivity contribution in [2.45, 2.75) is 12.5 Å². The number of hydrogen-bond acceptors (Lipinski definition) is 2. The Morgan fingerprint density at radius 3 is 2.33 bits per heavy atom. The number of nitrogens with zero attached hydrogens (tertiary/aromatic N) is 1. The minimum Gasteiger partial charge on any atom is -0.212 e. The molecule has 3 nitrogen and oxygen atoms in total. The molecule has 0 spiro atoms. The van der Waals surface area contributed by atoms with Gasteiger partial charge in [-0.3, -0.25) is 0 Å². The topological polar surface area (TPSA) is 37.4 Å². The van der Waals surface area contributed by atoms with Gasteiger partial charge in [0.1, 0.15) is 0 Å². The zero-order valence-electron chi connectivity index (χ0n) is 11.7. The van der Waals surface area contributed by atoms with Crippen LogP contribution >= 0.6 is 11.6 Å². The van der Waals surface area contributed by atoms with Gasteiger partial charge in [0, 0.05) is 11.6 Å². The molecule has 0 amide bonds. The average molecular weight is 322 g/mol. The molecule has 1 heterocycles. The maximum Gasteiger partial charge on any atom is 0.212 e. The molecule has 0 aromatic heterocycles. The van der Waals surface area contributed by atoms with Crippen LogP contribution < -0.4 is 0 Å². The molecule has 0 saturated heterocycles. The van der Waals surface area contributed by atoms with E-state index >= 15 is 0 Å². The van der Waals surface area contributed by atoms with E-state index in [4.69, 9.17) is 11.6 Å². The molecule has 0 radical (unpaired) electrons. The molecule has 1 atom stereocenters. The zero-order valence-corrected chi connectivity index (χ0v) is 13.2. The molecule has 1 aliphatic heterocycles. The van der Waals surface area contributed by atoms with Crippen molar-refractivity contribution in [2.24, 2.45) is 0 Å². The SMILES string of the molecule is CS(=O)(=O)N1CCc2ccccc2C1c1ccccc1Cl. The molecule has 0 fully saturated rings. The number of halogens is 1. The Hall–Kier alpha value is -1.36. The summed E-state index contributed by atoms with van der Waals surface area (Å²) >= 11 is 6.32. The lowest BCUT2D eigenvalue weighted by atomic mass is 9.90. The third kappa shape index (κ3) is 2.71. The molecule has 0 bridgehead atoms. The Balaban J connectivity index is 2.22. The fourth-order valence-electron chi connectivity index (χ4n) is 2.92. The standard InChI is InChI=1S/C16H16ClNO2S/c1-21(19,20)18-11-10-12-6-2-3-7-13(12)16(18)14-8-4-5-9-15(14)17/h2-9,16H,10-11H2,1H3. The van der Waals surface area contributed by atoms with Gasteiger partial charge in [-0.1, -0.05) is 54.1 Å². The van der Waals surface area contributed by atoms with Crippen LogP contribution in [-0.2, 0) is 16.4 Å². The average Bonchev–Trinajstić information content (AvgIpc) is 2.46. The second kappa shape index (κ2) is 5.44. The van der Waals surface area contributed by atoms with Crippen molar-refractivity contribution >= 4 is 21.6 Å². The van der Waals surface area contributed by atoms with E-state index in [-0.39, 0.29) is 6.04 Å². The summed E-state index contributed by atoms with van der Waals surface area (Å²) in [4.78, 5) is 0. The molecule has 2 aromatic rings. The molecule has 2 aromatic carbocycles. The highest BCUT2D eigenvalue weighted by Gasteiger charge is 2.34. The van der Waals surface area contributed by atoms with Crippen LogP contribution in [0.4, 0.5) is 0 Å². The molecule has 1 aliphatic rings. The van der Waals surface area contributed by atoms with Crippen LogP contribution in [0.3, 0.4) is 0 Å². The maximum atomic E-state index is 12.2. The summed E-state index contributed by atoms with van der Waals surface area (Å²) in [7, 11) is -3.31. The van der Waals surface area contributed by atoms with Crippen molar-refractivity contribution in [3.05, 3.63) is 70.2 Å². The molecule has 5 heteroatoms. The van der Waals surface area contributed by atoms with Crippen LogP contribution in [0.15, 0.2) is 48.5 Å². The van der Waals surface area contributed by atoms with Gasteiger partial charge >= 0.3 is 0 Å². The lowest BCUT2D eigenvalue weighted by molar-refractivity contribution is 0.347. The van der Waals surface area contributed by atoms with Gasteiger partial charge in [-0.2, -0.15) is 4.31 Å². The summed E-state index contributed by atoms with van der Waals surface area (Å²) in [5.74, 6) is 0. The fraction of sp³-hybridized carbons (Fsp3) is 0.250. The highest BCUT2D eigenvalue weighted by atomic mass is 35.5. The van der Waals surface area contributed by atoms with Crippen LogP contribution in [0.1, 0.15) is 22.7 Å². The first-order valence-corrected chi connectivity index (χ1v) is 9.00. The first kappa shape index (κ1) is 14.6. The van der Waals surface area contributed by atoms with E-state index < -0.39 is 10.0 Å². The van der Waals surface area contributed by atoms with Gasteiger partial charge in [0.2, 0.25) is 10.0 Å². The summed E-state index contributed by atoms with van der Waals surface area (Å²) in [6, 6.07) is 15.1. The van der Waals surface area contributed by atoms with Crippen molar-refractivity contribution in [3.8, 4) is 0 Å². The van der Waals surface area contributed by atoms with Crippen LogP contribution in [0.5, 0.6) is 0 Å². The van der Waals surface area contributed by atoms with E-state index in [0.717, 1.165) is 17.5 Å². The molecule has 110 valence electrons. The maximum absolute atomic E-state index is 12.2. The largest absolute Gasteiger partial charge is 0.212 e. The van der Waals surface area contributed by atoms with Crippen molar-refractivity contribution < 1.29 is 8.42 Å². The van der Waals surface area contributed by atoms with E-state index in [1.54, 1.807) is 6.07 Å². The first-order chi connectivity index (χ1) is 9.98. The summed E-state index contributed by atoms with van der Waals surface area (Å²) < 4.78 is 25.9. The van der Waals surface area contributed by atoms with Crippen LogP contribution in [0, 0.1) is 0 Å². The highest BCUT2D eigenvalue weighted by molar-refractivity contribution is 7.88. The minimum atomic E-state index is -3.31. The van der Waals surface area contributed by atoms with Crippen molar-refractivity contribution in [1.29, 1.82) is 0 Å². The quantitative estimate of drug-likeness (QED) is 0.851. The number of rotatable bonds is 2. The molecule has 0 N–H and O–H groups in total. The predicted molar refractivity (Wildman–Crippen MR) is 85.0 cm³/mol. The Labute approximate surface area is 130 Å². The molecule has 0 aliphatic carbocycles. The van der Waals surface area contributed by atoms with Gasteiger partial charge in [-0.05, 0) is 29.2 Å². The Bertz CT molecular complexity index is 773. The second-order valence-electron chi connectivity index (χ2n) is 5.25. The fourth-order valence-corrected chi connectivity index (χ4v) is 4.19. The predicted octanol–water partition coefficient (Wildman–Crippen LogP) is 3.25. The van der Waals surface area contributed by atoms with Crippen molar-refractivity contribution in [2.75, 3.05) is 12.8 Å². The van der Waals surface area contributed by atoms with Gasteiger partial charge < -0.3 is 0 Å².